The smallest absolute Gasteiger partial charge is 0.130 e. The third-order valence-corrected chi connectivity index (χ3v) is 3.65. The van der Waals surface area contributed by atoms with Crippen LogP contribution < -0.4 is 10.5 Å². The van der Waals surface area contributed by atoms with Gasteiger partial charge in [0, 0.05) is 23.6 Å². The number of benzene rings is 2. The molecule has 92 valence electrons. The second-order valence-electron chi connectivity index (χ2n) is 4.40. The summed E-state index contributed by atoms with van der Waals surface area (Å²) >= 11 is 6.21. The molecule has 2 N–H and O–H groups in total. The van der Waals surface area contributed by atoms with Gasteiger partial charge >= 0.3 is 0 Å². The van der Waals surface area contributed by atoms with Crippen molar-refractivity contribution in [2.75, 3.05) is 6.61 Å². The van der Waals surface area contributed by atoms with E-state index >= 15 is 0 Å². The van der Waals surface area contributed by atoms with E-state index in [1.807, 2.05) is 18.2 Å². The molecule has 0 bridgehead atoms. The van der Waals surface area contributed by atoms with E-state index in [-0.39, 0.29) is 0 Å². The van der Waals surface area contributed by atoms with Gasteiger partial charge in [-0.3, -0.25) is 0 Å². The van der Waals surface area contributed by atoms with Crippen LogP contribution >= 0.6 is 11.6 Å². The fraction of sp³-hybridized carbons (Fsp3) is 0.200. The van der Waals surface area contributed by atoms with Crippen molar-refractivity contribution >= 4 is 11.6 Å². The summed E-state index contributed by atoms with van der Waals surface area (Å²) in [5, 5.41) is 0.714. The normalized spacial score (nSPS) is 13.2. The predicted octanol–water partition coefficient (Wildman–Crippen LogP) is 3.40. The molecule has 1 aliphatic heterocycles. The van der Waals surface area contributed by atoms with Crippen LogP contribution in [0.25, 0.3) is 11.1 Å². The summed E-state index contributed by atoms with van der Waals surface area (Å²) in [6.07, 6.45) is 0.984. The molecule has 0 saturated carbocycles. The van der Waals surface area contributed by atoms with E-state index in [0.717, 1.165) is 35.5 Å². The first kappa shape index (κ1) is 11.6. The van der Waals surface area contributed by atoms with Crippen molar-refractivity contribution in [1.82, 2.24) is 0 Å². The molecule has 18 heavy (non-hydrogen) atoms. The lowest BCUT2D eigenvalue weighted by Crippen LogP contribution is -1.97. The van der Waals surface area contributed by atoms with E-state index in [1.165, 1.54) is 5.56 Å². The second-order valence-corrected chi connectivity index (χ2v) is 4.81. The fourth-order valence-corrected chi connectivity index (χ4v) is 2.58. The molecule has 0 fully saturated rings. The highest BCUT2D eigenvalue weighted by molar-refractivity contribution is 6.31. The summed E-state index contributed by atoms with van der Waals surface area (Å²) in [5.41, 5.74) is 10.0. The van der Waals surface area contributed by atoms with Crippen LogP contribution in [-0.4, -0.2) is 6.61 Å². The predicted molar refractivity (Wildman–Crippen MR) is 74.0 cm³/mol. The molecule has 1 aliphatic rings. The van der Waals surface area contributed by atoms with Crippen molar-refractivity contribution in [2.45, 2.75) is 13.0 Å². The largest absolute Gasteiger partial charge is 0.492 e. The number of nitrogens with two attached hydrogens (primary N) is 1. The highest BCUT2D eigenvalue weighted by Gasteiger charge is 2.17. The topological polar surface area (TPSA) is 35.2 Å². The lowest BCUT2D eigenvalue weighted by atomic mass is 10.00. The molecule has 0 spiro atoms. The lowest BCUT2D eigenvalue weighted by Gasteiger charge is -2.10. The highest BCUT2D eigenvalue weighted by atomic mass is 35.5. The first-order chi connectivity index (χ1) is 8.79. The Kier molecular flexibility index (Phi) is 2.98. The van der Waals surface area contributed by atoms with Crippen LogP contribution in [-0.2, 0) is 13.0 Å². The summed E-state index contributed by atoms with van der Waals surface area (Å²) in [6, 6.07) is 12.2. The molecule has 0 aromatic heterocycles. The number of hydrogen-bond acceptors (Lipinski definition) is 2. The summed E-state index contributed by atoms with van der Waals surface area (Å²) in [5.74, 6) is 0.995. The van der Waals surface area contributed by atoms with Gasteiger partial charge in [0.1, 0.15) is 5.75 Å². The highest BCUT2D eigenvalue weighted by Crippen LogP contribution is 2.37. The molecule has 1 heterocycles. The number of para-hydroxylation sites is 1. The maximum absolute atomic E-state index is 6.21. The molecule has 0 amide bonds. The van der Waals surface area contributed by atoms with Gasteiger partial charge in [-0.1, -0.05) is 41.9 Å². The Hall–Kier alpha value is -1.51. The maximum Gasteiger partial charge on any atom is 0.130 e. The summed E-state index contributed by atoms with van der Waals surface area (Å²) < 4.78 is 5.71. The second kappa shape index (κ2) is 4.63. The SMILES string of the molecule is NCc1ccc(-c2cccc3c2OCC3)cc1Cl. The minimum absolute atomic E-state index is 0.461. The Morgan fingerprint density at radius 2 is 2.11 bits per heavy atom. The van der Waals surface area contributed by atoms with Crippen molar-refractivity contribution < 1.29 is 4.74 Å². The van der Waals surface area contributed by atoms with Crippen molar-refractivity contribution in [3.63, 3.8) is 0 Å². The summed E-state index contributed by atoms with van der Waals surface area (Å²) in [4.78, 5) is 0. The first-order valence-corrected chi connectivity index (χ1v) is 6.41. The van der Waals surface area contributed by atoms with Gasteiger partial charge in [-0.2, -0.15) is 0 Å². The molecular weight excluding hydrogens is 246 g/mol. The van der Waals surface area contributed by atoms with Crippen molar-refractivity contribution in [1.29, 1.82) is 0 Å². The fourth-order valence-electron chi connectivity index (χ4n) is 2.32. The van der Waals surface area contributed by atoms with Gasteiger partial charge in [0.2, 0.25) is 0 Å². The summed E-state index contributed by atoms with van der Waals surface area (Å²) in [7, 11) is 0. The average Bonchev–Trinajstić information content (AvgIpc) is 2.86. The lowest BCUT2D eigenvalue weighted by molar-refractivity contribution is 0.358. The minimum atomic E-state index is 0.461. The monoisotopic (exact) mass is 259 g/mol. The zero-order chi connectivity index (χ0) is 12.5. The van der Waals surface area contributed by atoms with Crippen LogP contribution in [0.2, 0.25) is 5.02 Å². The van der Waals surface area contributed by atoms with Crippen molar-refractivity contribution in [2.24, 2.45) is 5.73 Å². The van der Waals surface area contributed by atoms with E-state index in [2.05, 4.69) is 18.2 Å². The molecule has 0 aliphatic carbocycles. The van der Waals surface area contributed by atoms with Crippen LogP contribution in [0, 0.1) is 0 Å². The Balaban J connectivity index is 2.10. The van der Waals surface area contributed by atoms with E-state index in [4.69, 9.17) is 22.1 Å². The summed E-state index contributed by atoms with van der Waals surface area (Å²) in [6.45, 7) is 1.23. The third-order valence-electron chi connectivity index (χ3n) is 3.30. The van der Waals surface area contributed by atoms with E-state index < -0.39 is 0 Å². The van der Waals surface area contributed by atoms with Crippen LogP contribution in [0.15, 0.2) is 36.4 Å². The van der Waals surface area contributed by atoms with Gasteiger partial charge in [-0.05, 0) is 22.8 Å². The van der Waals surface area contributed by atoms with Crippen LogP contribution in [0.5, 0.6) is 5.75 Å². The van der Waals surface area contributed by atoms with Crippen LogP contribution in [0.4, 0.5) is 0 Å². The zero-order valence-electron chi connectivity index (χ0n) is 9.95. The molecule has 2 aromatic rings. The van der Waals surface area contributed by atoms with E-state index in [0.29, 0.717) is 11.6 Å². The van der Waals surface area contributed by atoms with E-state index in [1.54, 1.807) is 0 Å². The van der Waals surface area contributed by atoms with Crippen molar-refractivity contribution in [3.8, 4) is 16.9 Å². The molecule has 0 atom stereocenters. The molecule has 3 rings (SSSR count). The van der Waals surface area contributed by atoms with E-state index in [9.17, 15) is 0 Å². The Bertz CT molecular complexity index is 595. The molecule has 0 unspecified atom stereocenters. The number of rotatable bonds is 2. The standard InChI is InChI=1S/C15H14ClNO/c16-14-8-11(4-5-12(14)9-17)13-3-1-2-10-6-7-18-15(10)13/h1-5,8H,6-7,9,17H2. The Morgan fingerprint density at radius 1 is 1.22 bits per heavy atom. The van der Waals surface area contributed by atoms with Gasteiger partial charge < -0.3 is 10.5 Å². The van der Waals surface area contributed by atoms with Crippen LogP contribution in [0.1, 0.15) is 11.1 Å². The van der Waals surface area contributed by atoms with Gasteiger partial charge in [-0.15, -0.1) is 0 Å². The number of fused-ring (bicyclic) bond motifs is 1. The quantitative estimate of drug-likeness (QED) is 0.897. The van der Waals surface area contributed by atoms with Gasteiger partial charge in [-0.25, -0.2) is 0 Å². The molecular formula is C15H14ClNO. The minimum Gasteiger partial charge on any atom is -0.492 e. The first-order valence-electron chi connectivity index (χ1n) is 6.03. The van der Waals surface area contributed by atoms with Gasteiger partial charge in [0.15, 0.2) is 0 Å². The average molecular weight is 260 g/mol. The Labute approximate surface area is 111 Å². The molecule has 2 nitrogen and oxygen atoms in total. The molecule has 3 heteroatoms. The number of ether oxygens (including phenoxy) is 1. The Morgan fingerprint density at radius 3 is 2.89 bits per heavy atom. The zero-order valence-corrected chi connectivity index (χ0v) is 10.7. The van der Waals surface area contributed by atoms with Gasteiger partial charge in [0.05, 0.1) is 6.61 Å². The number of halogens is 1. The van der Waals surface area contributed by atoms with Crippen molar-refractivity contribution in [3.05, 3.63) is 52.5 Å². The maximum atomic E-state index is 6.21. The van der Waals surface area contributed by atoms with Crippen LogP contribution in [0.3, 0.4) is 0 Å². The molecule has 2 aromatic carbocycles. The third kappa shape index (κ3) is 1.88. The molecule has 0 saturated heterocycles. The number of hydrogen-bond donors (Lipinski definition) is 1. The van der Waals surface area contributed by atoms with Gasteiger partial charge in [0.25, 0.3) is 0 Å². The molecule has 0 radical (unpaired) electrons.